The largest absolute Gasteiger partial charge is 0.510 e. The lowest BCUT2D eigenvalue weighted by Crippen LogP contribution is -2.63. The smallest absolute Gasteiger partial charge is 0.255 e. The number of likely N-dealkylation sites (N-methyl/N-ethyl adjacent to an activating group) is 1. The minimum atomic E-state index is -2.66. The summed E-state index contributed by atoms with van der Waals surface area (Å²) in [6, 6.07) is 0.900. The molecule has 40 heavy (non-hydrogen) atoms. The molecule has 1 aromatic carbocycles. The summed E-state index contributed by atoms with van der Waals surface area (Å²) in [7, 11) is 4.71. The van der Waals surface area contributed by atoms with Crippen LogP contribution in [-0.4, -0.2) is 93.1 Å². The van der Waals surface area contributed by atoms with E-state index in [1.54, 1.807) is 14.1 Å². The van der Waals surface area contributed by atoms with Crippen LogP contribution in [0.15, 0.2) is 28.7 Å². The highest BCUT2D eigenvalue weighted by Gasteiger charge is 2.63. The molecule has 1 saturated heterocycles. The summed E-state index contributed by atoms with van der Waals surface area (Å²) >= 11 is 0. The Hall–Kier alpha value is -3.41. The third-order valence-corrected chi connectivity index (χ3v) is 9.30. The number of aromatic hydroxyl groups is 1. The quantitative estimate of drug-likeness (QED) is 0.324. The van der Waals surface area contributed by atoms with Crippen molar-refractivity contribution in [2.45, 2.75) is 63.3 Å². The van der Waals surface area contributed by atoms with Gasteiger partial charge >= 0.3 is 0 Å². The van der Waals surface area contributed by atoms with E-state index in [1.807, 2.05) is 0 Å². The van der Waals surface area contributed by atoms with E-state index in [0.717, 1.165) is 31.4 Å². The molecule has 0 bridgehead atoms. The second-order valence-corrected chi connectivity index (χ2v) is 11.6. The number of carbonyl (C=O) groups is 3. The highest BCUT2D eigenvalue weighted by molar-refractivity contribution is 6.24. The molecule has 1 fully saturated rings. The van der Waals surface area contributed by atoms with Gasteiger partial charge in [-0.25, -0.2) is 0 Å². The number of fused-ring (bicyclic) bond motifs is 3. The molecule has 0 radical (unpaired) electrons. The van der Waals surface area contributed by atoms with E-state index in [9.17, 15) is 34.8 Å². The number of phenols is 1. The van der Waals surface area contributed by atoms with E-state index in [0.29, 0.717) is 23.9 Å². The van der Waals surface area contributed by atoms with Crippen LogP contribution in [-0.2, 0) is 22.6 Å². The number of primary amides is 1. The Morgan fingerprint density at radius 1 is 1.25 bits per heavy atom. The molecule has 6 N–H and O–H groups in total. The molecule has 216 valence electrons. The van der Waals surface area contributed by atoms with Gasteiger partial charge in [-0.2, -0.15) is 0 Å². The zero-order valence-electron chi connectivity index (χ0n) is 23.2. The van der Waals surface area contributed by atoms with Crippen molar-refractivity contribution in [3.8, 4) is 11.5 Å². The van der Waals surface area contributed by atoms with Gasteiger partial charge in [0.05, 0.1) is 18.7 Å². The van der Waals surface area contributed by atoms with Crippen LogP contribution in [0.4, 0.5) is 0 Å². The fraction of sp³-hybridized carbons (Fsp3) is 0.552. The highest BCUT2D eigenvalue weighted by Crippen LogP contribution is 2.53. The third kappa shape index (κ3) is 3.86. The van der Waals surface area contributed by atoms with Crippen molar-refractivity contribution in [2.24, 2.45) is 17.6 Å². The highest BCUT2D eigenvalue weighted by atomic mass is 16.5. The number of aliphatic hydroxyl groups is 3. The standard InChI is InChI=1S/C29H37N3O8/c1-5-15-7-6-8-32(15)12-14-11-18(33)20-16(25(14)40-4)9-13-10-17-22(31(2)3)24(35)21(28(30)38)27(37)29(17,39)26(36)19(13)23(20)34/h11,13,15,17,22,33,35-36,39H,5-10,12H2,1-4H3,(H2,30,38)/t13-,15?,17-,22-,29-/m0/s1. The van der Waals surface area contributed by atoms with Crippen molar-refractivity contribution in [1.82, 2.24) is 9.80 Å². The fourth-order valence-corrected chi connectivity index (χ4v) is 7.52. The average Bonchev–Trinajstić information content (AvgIpc) is 3.33. The van der Waals surface area contributed by atoms with E-state index in [1.165, 1.54) is 18.1 Å². The van der Waals surface area contributed by atoms with Crippen LogP contribution in [0.2, 0.25) is 0 Å². The van der Waals surface area contributed by atoms with Gasteiger partial charge in [0.25, 0.3) is 5.91 Å². The number of allylic oxidation sites excluding steroid dienone is 1. The van der Waals surface area contributed by atoms with E-state index >= 15 is 0 Å². The maximum Gasteiger partial charge on any atom is 0.255 e. The second kappa shape index (κ2) is 9.90. The molecule has 1 aliphatic heterocycles. The number of ether oxygens (including phenoxy) is 1. The van der Waals surface area contributed by atoms with Gasteiger partial charge < -0.3 is 30.9 Å². The van der Waals surface area contributed by atoms with Gasteiger partial charge in [0.1, 0.15) is 28.6 Å². The lowest BCUT2D eigenvalue weighted by atomic mass is 9.58. The molecular weight excluding hydrogens is 518 g/mol. The number of hydrogen-bond acceptors (Lipinski definition) is 10. The molecule has 0 aromatic heterocycles. The molecule has 1 heterocycles. The van der Waals surface area contributed by atoms with Gasteiger partial charge in [0.2, 0.25) is 5.78 Å². The number of rotatable bonds is 6. The molecule has 1 aromatic rings. The molecule has 1 unspecified atom stereocenters. The third-order valence-electron chi connectivity index (χ3n) is 9.30. The summed E-state index contributed by atoms with van der Waals surface area (Å²) in [4.78, 5) is 43.3. The monoisotopic (exact) mass is 555 g/mol. The first-order chi connectivity index (χ1) is 18.9. The molecule has 11 heteroatoms. The topological polar surface area (TPSA) is 174 Å². The van der Waals surface area contributed by atoms with Crippen molar-refractivity contribution in [2.75, 3.05) is 27.7 Å². The fourth-order valence-electron chi connectivity index (χ4n) is 7.52. The van der Waals surface area contributed by atoms with E-state index < -0.39 is 58.0 Å². The summed E-state index contributed by atoms with van der Waals surface area (Å²) in [6.45, 7) is 3.61. The summed E-state index contributed by atoms with van der Waals surface area (Å²) in [5.41, 5.74) is 2.92. The first-order valence-corrected chi connectivity index (χ1v) is 13.7. The number of Topliss-reactive ketones (excluding diaryl/α,β-unsaturated/α-hetero) is 2. The Bertz CT molecular complexity index is 1370. The van der Waals surface area contributed by atoms with Gasteiger partial charge in [-0.1, -0.05) is 6.92 Å². The lowest BCUT2D eigenvalue weighted by Gasteiger charge is -2.50. The van der Waals surface area contributed by atoms with Crippen LogP contribution in [0.5, 0.6) is 11.5 Å². The van der Waals surface area contributed by atoms with Gasteiger partial charge in [-0.05, 0) is 64.7 Å². The molecule has 3 aliphatic carbocycles. The minimum Gasteiger partial charge on any atom is -0.510 e. The summed E-state index contributed by atoms with van der Waals surface area (Å²) < 4.78 is 5.81. The molecule has 0 spiro atoms. The molecule has 0 saturated carbocycles. The van der Waals surface area contributed by atoms with Gasteiger partial charge in [-0.3, -0.25) is 24.2 Å². The minimum absolute atomic E-state index is 0.0317. The van der Waals surface area contributed by atoms with Crippen molar-refractivity contribution in [3.05, 3.63) is 45.4 Å². The van der Waals surface area contributed by atoms with E-state index in [-0.39, 0.29) is 29.7 Å². The molecule has 5 atom stereocenters. The number of nitrogens with two attached hydrogens (primary N) is 1. The van der Waals surface area contributed by atoms with E-state index in [2.05, 4.69) is 11.8 Å². The van der Waals surface area contributed by atoms with Crippen molar-refractivity contribution in [1.29, 1.82) is 0 Å². The molecule has 5 rings (SSSR count). The van der Waals surface area contributed by atoms with Gasteiger partial charge in [0, 0.05) is 35.2 Å². The van der Waals surface area contributed by atoms with Crippen molar-refractivity contribution >= 4 is 17.5 Å². The Labute approximate surface area is 232 Å². The molecule has 1 amide bonds. The number of likely N-dealkylation sites (tertiary alicyclic amines) is 1. The molecule has 11 nitrogen and oxygen atoms in total. The number of nitrogens with zero attached hydrogens (tertiary/aromatic N) is 2. The molecule has 4 aliphatic rings. The summed E-state index contributed by atoms with van der Waals surface area (Å²) in [5.74, 6) is -6.20. The van der Waals surface area contributed by atoms with Crippen LogP contribution >= 0.6 is 0 Å². The Morgan fingerprint density at radius 3 is 2.55 bits per heavy atom. The Kier molecular flexibility index (Phi) is 6.96. The van der Waals surface area contributed by atoms with Crippen LogP contribution < -0.4 is 10.5 Å². The number of benzene rings is 1. The summed E-state index contributed by atoms with van der Waals surface area (Å²) in [6.07, 6.45) is 3.40. The number of aliphatic hydroxyl groups excluding tert-OH is 2. The van der Waals surface area contributed by atoms with Crippen molar-refractivity contribution < 1.29 is 39.5 Å². The number of phenolic OH excluding ortho intramolecular Hbond substituents is 1. The maximum atomic E-state index is 13.9. The zero-order valence-corrected chi connectivity index (χ0v) is 23.2. The second-order valence-electron chi connectivity index (χ2n) is 11.6. The zero-order chi connectivity index (χ0) is 29.3. The van der Waals surface area contributed by atoms with E-state index in [4.69, 9.17) is 10.5 Å². The summed E-state index contributed by atoms with van der Waals surface area (Å²) in [5, 5.41) is 45.1. The Morgan fingerprint density at radius 2 is 1.95 bits per heavy atom. The van der Waals surface area contributed by atoms with Crippen molar-refractivity contribution in [3.63, 3.8) is 0 Å². The SMILES string of the molecule is CCC1CCCN1Cc1cc(O)c2c(c1OC)C[C@H]1C[C@H]3[C@H](N(C)C)C(O)=C(C(N)=O)C(=O)[C@@]3(O)C(O)=C1C2=O. The van der Waals surface area contributed by atoms with Crippen LogP contribution in [0.3, 0.4) is 0 Å². The average molecular weight is 556 g/mol. The number of amides is 1. The predicted octanol–water partition coefficient (Wildman–Crippen LogP) is 1.50. The van der Waals surface area contributed by atoms with Gasteiger partial charge in [-0.15, -0.1) is 0 Å². The number of methoxy groups -OCH3 is 1. The normalized spacial score (nSPS) is 30.4. The van der Waals surface area contributed by atoms with Crippen LogP contribution in [0.25, 0.3) is 0 Å². The first-order valence-electron chi connectivity index (χ1n) is 13.7. The lowest BCUT2D eigenvalue weighted by molar-refractivity contribution is -0.148. The predicted molar refractivity (Wildman–Crippen MR) is 144 cm³/mol. The number of carbonyl (C=O) groups excluding carboxylic acids is 3. The van der Waals surface area contributed by atoms with Crippen LogP contribution in [0, 0.1) is 11.8 Å². The molecular formula is C29H37N3O8. The first kappa shape index (κ1) is 28.1. The van der Waals surface area contributed by atoms with Crippen LogP contribution in [0.1, 0.15) is 54.1 Å². The number of ketones is 2. The maximum absolute atomic E-state index is 13.9. The number of hydrogen-bond donors (Lipinski definition) is 5. The Balaban J connectivity index is 1.64. The van der Waals surface area contributed by atoms with Gasteiger partial charge in [0.15, 0.2) is 11.4 Å².